The Hall–Kier alpha value is -2.02. The van der Waals surface area contributed by atoms with Crippen LogP contribution in [0.3, 0.4) is 0 Å². The summed E-state index contributed by atoms with van der Waals surface area (Å²) in [5.74, 6) is 0.0746. The minimum Gasteiger partial charge on any atom is -0.394 e. The van der Waals surface area contributed by atoms with Gasteiger partial charge in [0, 0.05) is 13.2 Å². The summed E-state index contributed by atoms with van der Waals surface area (Å²) in [5, 5.41) is 20.8. The molecular weight excluding hydrogens is 294 g/mol. The maximum Gasteiger partial charge on any atom is 0.253 e. The van der Waals surface area contributed by atoms with E-state index < -0.39 is 5.54 Å². The molecule has 1 fully saturated rings. The highest BCUT2D eigenvalue weighted by atomic mass is 16.3. The van der Waals surface area contributed by atoms with Crippen molar-refractivity contribution in [3.8, 4) is 0 Å². The van der Waals surface area contributed by atoms with Gasteiger partial charge in [-0.3, -0.25) is 4.79 Å². The zero-order valence-electron chi connectivity index (χ0n) is 13.6. The van der Waals surface area contributed by atoms with E-state index >= 15 is 0 Å². The van der Waals surface area contributed by atoms with Gasteiger partial charge in [-0.15, -0.1) is 5.10 Å². The van der Waals surface area contributed by atoms with Gasteiger partial charge in [0.1, 0.15) is 5.52 Å². The average Bonchev–Trinajstić information content (AvgIpc) is 2.96. The summed E-state index contributed by atoms with van der Waals surface area (Å²) in [6.45, 7) is 1.86. The van der Waals surface area contributed by atoms with Gasteiger partial charge in [0.05, 0.1) is 17.7 Å². The van der Waals surface area contributed by atoms with E-state index in [1.54, 1.807) is 17.8 Å². The van der Waals surface area contributed by atoms with E-state index in [1.165, 1.54) is 12.6 Å². The van der Waals surface area contributed by atoms with Crippen molar-refractivity contribution in [2.24, 2.45) is 13.0 Å². The minimum atomic E-state index is -0.602. The topological polar surface area (TPSA) is 92.9 Å². The van der Waals surface area contributed by atoms with Gasteiger partial charge in [0.15, 0.2) is 5.65 Å². The first-order chi connectivity index (χ1) is 11.0. The zero-order valence-corrected chi connectivity index (χ0v) is 13.6. The van der Waals surface area contributed by atoms with Crippen molar-refractivity contribution in [1.82, 2.24) is 25.3 Å². The number of aryl methyl sites for hydroxylation is 1. The Morgan fingerprint density at radius 3 is 2.87 bits per heavy atom. The number of hydrogen-bond donors (Lipinski definition) is 2. The second-order valence-corrected chi connectivity index (χ2v) is 6.64. The molecule has 2 aromatic rings. The maximum absolute atomic E-state index is 12.6. The molecule has 124 valence electrons. The summed E-state index contributed by atoms with van der Waals surface area (Å²) in [4.78, 5) is 16.8. The van der Waals surface area contributed by atoms with Crippen LogP contribution in [0.15, 0.2) is 12.3 Å². The molecule has 2 heterocycles. The third kappa shape index (κ3) is 3.06. The monoisotopic (exact) mass is 317 g/mol. The van der Waals surface area contributed by atoms with Crippen molar-refractivity contribution in [2.45, 2.75) is 44.6 Å². The molecule has 1 saturated carbocycles. The normalized spacial score (nSPS) is 18.7. The van der Waals surface area contributed by atoms with Gasteiger partial charge in [0.25, 0.3) is 5.91 Å². The first kappa shape index (κ1) is 15.9. The molecule has 0 aromatic carbocycles. The van der Waals surface area contributed by atoms with Crippen LogP contribution in [0.25, 0.3) is 11.2 Å². The Balaban J connectivity index is 1.80. The lowest BCUT2D eigenvalue weighted by Crippen LogP contribution is -2.54. The Kier molecular flexibility index (Phi) is 4.30. The molecule has 7 nitrogen and oxygen atoms in total. The Morgan fingerprint density at radius 2 is 2.17 bits per heavy atom. The van der Waals surface area contributed by atoms with E-state index in [0.717, 1.165) is 25.7 Å². The van der Waals surface area contributed by atoms with Gasteiger partial charge < -0.3 is 10.4 Å². The SMILES string of the molecule is Cn1nnc2cc(C(=O)N[C@](C)(CO)C3CCCCC3)cnc21. The van der Waals surface area contributed by atoms with E-state index in [-0.39, 0.29) is 12.5 Å². The molecule has 0 bridgehead atoms. The fourth-order valence-corrected chi connectivity index (χ4v) is 3.39. The second-order valence-electron chi connectivity index (χ2n) is 6.64. The molecule has 0 saturated heterocycles. The van der Waals surface area contributed by atoms with Crippen molar-refractivity contribution in [3.05, 3.63) is 17.8 Å². The summed E-state index contributed by atoms with van der Waals surface area (Å²) >= 11 is 0. The third-order valence-corrected chi connectivity index (χ3v) is 4.94. The number of hydrogen-bond acceptors (Lipinski definition) is 5. The lowest BCUT2D eigenvalue weighted by molar-refractivity contribution is 0.0679. The van der Waals surface area contributed by atoms with Crippen molar-refractivity contribution in [2.75, 3.05) is 6.61 Å². The van der Waals surface area contributed by atoms with Crippen molar-refractivity contribution in [3.63, 3.8) is 0 Å². The third-order valence-electron chi connectivity index (χ3n) is 4.94. The smallest absolute Gasteiger partial charge is 0.253 e. The molecule has 0 spiro atoms. The molecule has 1 aliphatic rings. The lowest BCUT2D eigenvalue weighted by atomic mass is 9.76. The second kappa shape index (κ2) is 6.23. The lowest BCUT2D eigenvalue weighted by Gasteiger charge is -2.39. The fraction of sp³-hybridized carbons (Fsp3) is 0.625. The fourth-order valence-electron chi connectivity index (χ4n) is 3.39. The number of aliphatic hydroxyl groups is 1. The van der Waals surface area contributed by atoms with Crippen LogP contribution in [0.4, 0.5) is 0 Å². The number of amides is 1. The molecular formula is C16H23N5O2. The predicted molar refractivity (Wildman–Crippen MR) is 85.8 cm³/mol. The molecule has 0 aliphatic heterocycles. The zero-order chi connectivity index (χ0) is 16.4. The molecule has 0 radical (unpaired) electrons. The first-order valence-electron chi connectivity index (χ1n) is 8.12. The molecule has 7 heteroatoms. The van der Waals surface area contributed by atoms with Crippen LogP contribution in [-0.4, -0.2) is 43.1 Å². The van der Waals surface area contributed by atoms with E-state index in [0.29, 0.717) is 22.6 Å². The number of aliphatic hydroxyl groups excluding tert-OH is 1. The molecule has 2 aromatic heterocycles. The van der Waals surface area contributed by atoms with Crippen molar-refractivity contribution < 1.29 is 9.90 Å². The molecule has 1 atom stereocenters. The minimum absolute atomic E-state index is 0.0653. The van der Waals surface area contributed by atoms with Crippen LogP contribution < -0.4 is 5.32 Å². The number of aromatic nitrogens is 4. The number of rotatable bonds is 4. The average molecular weight is 317 g/mol. The van der Waals surface area contributed by atoms with Crippen LogP contribution in [-0.2, 0) is 7.05 Å². The summed E-state index contributed by atoms with van der Waals surface area (Å²) in [6.07, 6.45) is 7.16. The maximum atomic E-state index is 12.6. The van der Waals surface area contributed by atoms with Gasteiger partial charge in [-0.1, -0.05) is 24.5 Å². The van der Waals surface area contributed by atoms with Crippen molar-refractivity contribution in [1.29, 1.82) is 0 Å². The van der Waals surface area contributed by atoms with Crippen LogP contribution >= 0.6 is 0 Å². The number of fused-ring (bicyclic) bond motifs is 1. The number of nitrogens with one attached hydrogen (secondary N) is 1. The van der Waals surface area contributed by atoms with Gasteiger partial charge in [-0.25, -0.2) is 9.67 Å². The molecule has 2 N–H and O–H groups in total. The summed E-state index contributed by atoms with van der Waals surface area (Å²) in [6, 6.07) is 1.68. The van der Waals surface area contributed by atoms with E-state index in [4.69, 9.17) is 0 Å². The largest absolute Gasteiger partial charge is 0.394 e. The van der Waals surface area contributed by atoms with Crippen molar-refractivity contribution >= 4 is 17.1 Å². The highest BCUT2D eigenvalue weighted by Crippen LogP contribution is 2.32. The van der Waals surface area contributed by atoms with Crippen LogP contribution in [0.1, 0.15) is 49.4 Å². The molecule has 0 unspecified atom stereocenters. The molecule has 23 heavy (non-hydrogen) atoms. The quantitative estimate of drug-likeness (QED) is 0.889. The Bertz CT molecular complexity index is 708. The first-order valence-corrected chi connectivity index (χ1v) is 8.12. The number of pyridine rings is 1. The molecule has 1 amide bonds. The standard InChI is InChI=1S/C16H23N5O2/c1-16(10-22,12-6-4-3-5-7-12)18-15(23)11-8-13-14(17-9-11)21(2)20-19-13/h8-9,12,22H,3-7,10H2,1-2H3,(H,18,23)/t16-/m1/s1. The van der Waals surface area contributed by atoms with Gasteiger partial charge in [-0.05, 0) is 31.7 Å². The predicted octanol–water partition coefficient (Wildman–Crippen LogP) is 1.42. The van der Waals surface area contributed by atoms with Gasteiger partial charge >= 0.3 is 0 Å². The number of nitrogens with zero attached hydrogens (tertiary/aromatic N) is 4. The van der Waals surface area contributed by atoms with Crippen LogP contribution in [0.2, 0.25) is 0 Å². The van der Waals surface area contributed by atoms with Gasteiger partial charge in [-0.2, -0.15) is 0 Å². The summed E-state index contributed by atoms with van der Waals surface area (Å²) in [7, 11) is 1.76. The Morgan fingerprint density at radius 1 is 1.43 bits per heavy atom. The van der Waals surface area contributed by atoms with Crippen LogP contribution in [0, 0.1) is 5.92 Å². The van der Waals surface area contributed by atoms with E-state index in [2.05, 4.69) is 20.6 Å². The van der Waals surface area contributed by atoms with E-state index in [1.807, 2.05) is 6.92 Å². The highest BCUT2D eigenvalue weighted by Gasteiger charge is 2.36. The summed E-state index contributed by atoms with van der Waals surface area (Å²) < 4.78 is 1.57. The van der Waals surface area contributed by atoms with E-state index in [9.17, 15) is 9.90 Å². The number of carbonyl (C=O) groups is 1. The summed E-state index contributed by atoms with van der Waals surface area (Å²) in [5.41, 5.74) is 1.06. The van der Waals surface area contributed by atoms with Gasteiger partial charge in [0.2, 0.25) is 0 Å². The highest BCUT2D eigenvalue weighted by molar-refractivity contribution is 5.96. The molecule has 1 aliphatic carbocycles. The number of carbonyl (C=O) groups excluding carboxylic acids is 1. The van der Waals surface area contributed by atoms with Crippen LogP contribution in [0.5, 0.6) is 0 Å². The molecule has 3 rings (SSSR count). The Labute approximate surface area is 135 Å².